The lowest BCUT2D eigenvalue weighted by molar-refractivity contribution is -0.131. The second-order valence-electron chi connectivity index (χ2n) is 10.4. The molecule has 0 radical (unpaired) electrons. The molecule has 0 aromatic heterocycles. The van der Waals surface area contributed by atoms with Crippen molar-refractivity contribution in [1.82, 2.24) is 14.1 Å². The lowest BCUT2D eigenvalue weighted by atomic mass is 10.2. The maximum absolute atomic E-state index is 13.6. The SMILES string of the molecule is C[C@@H]1CN(c2ccc(F)cc2Cl)CCN1S(=O)(=O)c1cccc(N2CCN(CC(=O)N3CCCC3)CC2)c1. The van der Waals surface area contributed by atoms with Gasteiger partial charge in [0.1, 0.15) is 5.82 Å². The van der Waals surface area contributed by atoms with E-state index < -0.39 is 15.8 Å². The van der Waals surface area contributed by atoms with Crippen LogP contribution in [0.1, 0.15) is 19.8 Å². The number of halogens is 2. The minimum Gasteiger partial charge on any atom is -0.369 e. The standard InChI is InChI=1S/C27H35ClFN5O3S/c1-21-19-33(26-8-7-22(29)17-25(26)28)15-16-34(21)38(36,37)24-6-4-5-23(18-24)31-13-11-30(12-14-31)20-27(35)32-9-2-3-10-32/h4-8,17-18,21H,2-3,9-16,19-20H2,1H3/t21-/m1/s1. The first-order chi connectivity index (χ1) is 18.2. The number of hydrogen-bond acceptors (Lipinski definition) is 6. The van der Waals surface area contributed by atoms with Crippen LogP contribution in [0.15, 0.2) is 47.4 Å². The van der Waals surface area contributed by atoms with Gasteiger partial charge in [-0.3, -0.25) is 9.69 Å². The van der Waals surface area contributed by atoms with Gasteiger partial charge < -0.3 is 14.7 Å². The van der Waals surface area contributed by atoms with Crippen LogP contribution in [0.5, 0.6) is 0 Å². The van der Waals surface area contributed by atoms with Crippen LogP contribution in [0, 0.1) is 5.82 Å². The van der Waals surface area contributed by atoms with Crippen LogP contribution in [0.3, 0.4) is 0 Å². The van der Waals surface area contributed by atoms with Crippen LogP contribution in [-0.4, -0.2) is 99.9 Å². The molecule has 2 aromatic rings. The van der Waals surface area contributed by atoms with Gasteiger partial charge in [0.15, 0.2) is 0 Å². The van der Waals surface area contributed by atoms with Gasteiger partial charge in [-0.05, 0) is 56.2 Å². The van der Waals surface area contributed by atoms with Gasteiger partial charge in [0.2, 0.25) is 15.9 Å². The predicted molar refractivity (Wildman–Crippen MR) is 148 cm³/mol. The Balaban J connectivity index is 1.21. The number of likely N-dealkylation sites (tertiary alicyclic amines) is 1. The zero-order valence-corrected chi connectivity index (χ0v) is 23.3. The molecule has 3 fully saturated rings. The quantitative estimate of drug-likeness (QED) is 0.538. The van der Waals surface area contributed by atoms with E-state index in [4.69, 9.17) is 11.6 Å². The summed E-state index contributed by atoms with van der Waals surface area (Å²) in [5.74, 6) is -0.190. The van der Waals surface area contributed by atoms with Crippen LogP contribution in [0.4, 0.5) is 15.8 Å². The van der Waals surface area contributed by atoms with Crippen LogP contribution >= 0.6 is 11.6 Å². The molecule has 206 valence electrons. The Morgan fingerprint density at radius 1 is 0.947 bits per heavy atom. The van der Waals surface area contributed by atoms with Crippen molar-refractivity contribution in [3.05, 3.63) is 53.3 Å². The highest BCUT2D eigenvalue weighted by atomic mass is 35.5. The first kappa shape index (κ1) is 27.2. The number of nitrogens with zero attached hydrogens (tertiary/aromatic N) is 5. The van der Waals surface area contributed by atoms with Crippen molar-refractivity contribution < 1.29 is 17.6 Å². The van der Waals surface area contributed by atoms with Crippen LogP contribution < -0.4 is 9.80 Å². The van der Waals surface area contributed by atoms with E-state index in [1.165, 1.54) is 12.1 Å². The van der Waals surface area contributed by atoms with Crippen molar-refractivity contribution in [3.63, 3.8) is 0 Å². The zero-order chi connectivity index (χ0) is 26.9. The van der Waals surface area contributed by atoms with Crippen molar-refractivity contribution >= 4 is 38.9 Å². The molecule has 0 N–H and O–H groups in total. The van der Waals surface area contributed by atoms with Gasteiger partial charge in [-0.1, -0.05) is 17.7 Å². The molecule has 0 spiro atoms. The van der Waals surface area contributed by atoms with Gasteiger partial charge >= 0.3 is 0 Å². The summed E-state index contributed by atoms with van der Waals surface area (Å²) in [5, 5.41) is 0.321. The lowest BCUT2D eigenvalue weighted by Gasteiger charge is -2.40. The smallest absolute Gasteiger partial charge is 0.243 e. The topological polar surface area (TPSA) is 67.4 Å². The summed E-state index contributed by atoms with van der Waals surface area (Å²) in [6.45, 7) is 8.32. The molecule has 0 bridgehead atoms. The molecule has 3 heterocycles. The molecule has 0 unspecified atom stereocenters. The van der Waals surface area contributed by atoms with Crippen molar-refractivity contribution in [2.75, 3.05) is 75.2 Å². The van der Waals surface area contributed by atoms with Gasteiger partial charge in [-0.15, -0.1) is 0 Å². The fraction of sp³-hybridized carbons (Fsp3) is 0.519. The van der Waals surface area contributed by atoms with E-state index in [-0.39, 0.29) is 16.8 Å². The number of piperazine rings is 2. The van der Waals surface area contributed by atoms with E-state index in [2.05, 4.69) is 9.80 Å². The molecule has 3 aliphatic rings. The summed E-state index contributed by atoms with van der Waals surface area (Å²) >= 11 is 6.25. The maximum atomic E-state index is 13.6. The highest BCUT2D eigenvalue weighted by Gasteiger charge is 2.35. The number of anilines is 2. The maximum Gasteiger partial charge on any atom is 0.243 e. The Bertz CT molecular complexity index is 1270. The van der Waals surface area contributed by atoms with Crippen molar-refractivity contribution in [1.29, 1.82) is 0 Å². The number of rotatable bonds is 6. The number of hydrogen-bond donors (Lipinski definition) is 0. The molecule has 0 saturated carbocycles. The molecule has 1 atom stereocenters. The third kappa shape index (κ3) is 5.78. The third-order valence-corrected chi connectivity index (χ3v) is 10.1. The van der Waals surface area contributed by atoms with Crippen LogP contribution in [0.2, 0.25) is 5.02 Å². The summed E-state index contributed by atoms with van der Waals surface area (Å²) in [6, 6.07) is 11.2. The highest BCUT2D eigenvalue weighted by molar-refractivity contribution is 7.89. The molecular weight excluding hydrogens is 529 g/mol. The highest BCUT2D eigenvalue weighted by Crippen LogP contribution is 2.31. The van der Waals surface area contributed by atoms with Crippen LogP contribution in [-0.2, 0) is 14.8 Å². The third-order valence-electron chi connectivity index (χ3n) is 7.80. The molecule has 3 aliphatic heterocycles. The average molecular weight is 564 g/mol. The second-order valence-corrected chi connectivity index (χ2v) is 12.7. The van der Waals surface area contributed by atoms with E-state index in [1.54, 1.807) is 28.6 Å². The van der Waals surface area contributed by atoms with Gasteiger partial charge in [0.25, 0.3) is 0 Å². The molecule has 0 aliphatic carbocycles. The van der Waals surface area contributed by atoms with E-state index in [0.717, 1.165) is 57.8 Å². The number of sulfonamides is 1. The fourth-order valence-corrected chi connectivity index (χ4v) is 7.59. The summed E-state index contributed by atoms with van der Waals surface area (Å²) in [7, 11) is -3.70. The summed E-state index contributed by atoms with van der Waals surface area (Å²) in [4.78, 5) is 21.1. The normalized spacial score (nSPS) is 21.8. The van der Waals surface area contributed by atoms with E-state index in [9.17, 15) is 17.6 Å². The lowest BCUT2D eigenvalue weighted by Crippen LogP contribution is -2.54. The molecule has 11 heteroatoms. The van der Waals surface area contributed by atoms with Gasteiger partial charge in [-0.25, -0.2) is 12.8 Å². The molecule has 2 aromatic carbocycles. The van der Waals surface area contributed by atoms with Gasteiger partial charge in [0, 0.05) is 70.6 Å². The van der Waals surface area contributed by atoms with Crippen molar-refractivity contribution in [3.8, 4) is 0 Å². The number of amides is 1. The Hall–Kier alpha value is -2.40. The Morgan fingerprint density at radius 2 is 1.66 bits per heavy atom. The Labute approximate surface area is 229 Å². The number of carbonyl (C=O) groups excluding carboxylic acids is 1. The first-order valence-corrected chi connectivity index (χ1v) is 15.1. The average Bonchev–Trinajstić information content (AvgIpc) is 3.44. The largest absolute Gasteiger partial charge is 0.369 e. The molecule has 3 saturated heterocycles. The van der Waals surface area contributed by atoms with Crippen molar-refractivity contribution in [2.45, 2.75) is 30.7 Å². The predicted octanol–water partition coefficient (Wildman–Crippen LogP) is 3.12. The fourth-order valence-electron chi connectivity index (χ4n) is 5.65. The second kappa shape index (κ2) is 11.4. The summed E-state index contributed by atoms with van der Waals surface area (Å²) < 4.78 is 42.3. The van der Waals surface area contributed by atoms with Gasteiger partial charge in [-0.2, -0.15) is 4.31 Å². The monoisotopic (exact) mass is 563 g/mol. The summed E-state index contributed by atoms with van der Waals surface area (Å²) in [6.07, 6.45) is 2.19. The minimum atomic E-state index is -3.70. The molecular formula is C27H35ClFN5O3S. The number of carbonyl (C=O) groups is 1. The van der Waals surface area contributed by atoms with E-state index in [0.29, 0.717) is 36.9 Å². The van der Waals surface area contributed by atoms with E-state index >= 15 is 0 Å². The minimum absolute atomic E-state index is 0.208. The van der Waals surface area contributed by atoms with E-state index in [1.807, 2.05) is 22.8 Å². The molecule has 5 rings (SSSR count). The zero-order valence-electron chi connectivity index (χ0n) is 21.7. The van der Waals surface area contributed by atoms with Gasteiger partial charge in [0.05, 0.1) is 22.2 Å². The summed E-state index contributed by atoms with van der Waals surface area (Å²) in [5.41, 5.74) is 1.58. The Morgan fingerprint density at radius 3 is 2.34 bits per heavy atom. The number of benzene rings is 2. The van der Waals surface area contributed by atoms with Crippen molar-refractivity contribution in [2.24, 2.45) is 0 Å². The molecule has 38 heavy (non-hydrogen) atoms. The first-order valence-electron chi connectivity index (χ1n) is 13.3. The Kier molecular flexibility index (Phi) is 8.14. The van der Waals surface area contributed by atoms with Crippen LogP contribution in [0.25, 0.3) is 0 Å². The molecule has 8 nitrogen and oxygen atoms in total. The molecule has 1 amide bonds.